The summed E-state index contributed by atoms with van der Waals surface area (Å²) >= 11 is 3.45. The van der Waals surface area contributed by atoms with Crippen LogP contribution in [0.3, 0.4) is 0 Å². The van der Waals surface area contributed by atoms with Gasteiger partial charge in [0.25, 0.3) is 0 Å². The Morgan fingerprint density at radius 1 is 1.09 bits per heavy atom. The molecule has 0 aliphatic carbocycles. The molecule has 0 radical (unpaired) electrons. The maximum absolute atomic E-state index is 12.8. The molecule has 0 saturated carbocycles. The van der Waals surface area contributed by atoms with Crippen LogP contribution in [0.15, 0.2) is 57.8 Å². The Kier molecular flexibility index (Phi) is 4.64. The van der Waals surface area contributed by atoms with Crippen LogP contribution in [-0.4, -0.2) is 12.0 Å². The number of quaternary nitrogens is 1. The number of H-pyrrole nitrogens is 1. The summed E-state index contributed by atoms with van der Waals surface area (Å²) in [5.74, 6) is 0. The largest absolute Gasteiger partial charge is 0.358 e. The molecule has 0 fully saturated rings. The molecule has 2 aromatic carbocycles. The fourth-order valence-corrected chi connectivity index (χ4v) is 3.31. The topological polar surface area (TPSA) is 37.3 Å². The zero-order valence-corrected chi connectivity index (χ0v) is 14.9. The van der Waals surface area contributed by atoms with Gasteiger partial charge in [-0.1, -0.05) is 46.3 Å². The molecule has 4 heteroatoms. The van der Waals surface area contributed by atoms with E-state index in [-0.39, 0.29) is 5.43 Å². The van der Waals surface area contributed by atoms with E-state index < -0.39 is 0 Å². The third-order valence-corrected chi connectivity index (χ3v) is 4.60. The van der Waals surface area contributed by atoms with Crippen molar-refractivity contribution in [3.05, 3.63) is 80.0 Å². The number of aromatic amines is 1. The summed E-state index contributed by atoms with van der Waals surface area (Å²) < 4.78 is 0.926. The van der Waals surface area contributed by atoms with Crippen molar-refractivity contribution in [3.8, 4) is 0 Å². The van der Waals surface area contributed by atoms with Gasteiger partial charge >= 0.3 is 0 Å². The van der Waals surface area contributed by atoms with Crippen LogP contribution >= 0.6 is 15.9 Å². The molecule has 1 unspecified atom stereocenters. The van der Waals surface area contributed by atoms with Gasteiger partial charge in [0.15, 0.2) is 5.43 Å². The molecule has 23 heavy (non-hydrogen) atoms. The summed E-state index contributed by atoms with van der Waals surface area (Å²) in [4.78, 5) is 17.5. The van der Waals surface area contributed by atoms with E-state index in [2.05, 4.69) is 40.1 Å². The van der Waals surface area contributed by atoms with E-state index in [9.17, 15) is 4.79 Å². The number of pyridine rings is 1. The summed E-state index contributed by atoms with van der Waals surface area (Å²) in [5.41, 5.74) is 4.12. The molecule has 0 spiro atoms. The quantitative estimate of drug-likeness (QED) is 0.726. The van der Waals surface area contributed by atoms with E-state index in [4.69, 9.17) is 0 Å². The van der Waals surface area contributed by atoms with Gasteiger partial charge < -0.3 is 9.88 Å². The number of halogens is 1. The summed E-state index contributed by atoms with van der Waals surface area (Å²) in [6.07, 6.45) is 0. The number of hydrogen-bond donors (Lipinski definition) is 2. The Morgan fingerprint density at radius 3 is 2.57 bits per heavy atom. The molecule has 0 aliphatic rings. The molecule has 3 aromatic rings. The molecule has 2 N–H and O–H groups in total. The molecule has 118 valence electrons. The minimum atomic E-state index is 0.130. The fourth-order valence-electron chi connectivity index (χ4n) is 2.95. The average molecular weight is 372 g/mol. The van der Waals surface area contributed by atoms with Gasteiger partial charge in [-0.15, -0.1) is 0 Å². The maximum atomic E-state index is 12.8. The third kappa shape index (κ3) is 3.54. The Balaban J connectivity index is 1.92. The first-order valence-electron chi connectivity index (χ1n) is 7.71. The van der Waals surface area contributed by atoms with Crippen LogP contribution < -0.4 is 10.3 Å². The van der Waals surface area contributed by atoms with Crippen LogP contribution in [0.25, 0.3) is 10.9 Å². The predicted octanol–water partition coefficient (Wildman–Crippen LogP) is 2.81. The minimum Gasteiger partial charge on any atom is -0.358 e. The van der Waals surface area contributed by atoms with Crippen molar-refractivity contribution >= 4 is 26.8 Å². The van der Waals surface area contributed by atoms with E-state index >= 15 is 0 Å². The second-order valence-corrected chi connectivity index (χ2v) is 6.96. The van der Waals surface area contributed by atoms with Gasteiger partial charge in [0, 0.05) is 26.6 Å². The van der Waals surface area contributed by atoms with Crippen LogP contribution in [0, 0.1) is 6.92 Å². The summed E-state index contributed by atoms with van der Waals surface area (Å²) in [6.45, 7) is 3.59. The first-order valence-corrected chi connectivity index (χ1v) is 8.50. The standard InChI is InChI=1S/C19H19BrN2O/c1-13-17(12-22(2)11-14-6-4-3-5-7-14)19(23)16-10-15(20)8-9-18(16)21-13/h3-10H,11-12H2,1-2H3,(H,21,23)/p+1. The minimum absolute atomic E-state index is 0.130. The first kappa shape index (κ1) is 16.0. The van der Waals surface area contributed by atoms with Gasteiger partial charge in [0.1, 0.15) is 13.1 Å². The van der Waals surface area contributed by atoms with Crippen molar-refractivity contribution in [1.82, 2.24) is 4.98 Å². The van der Waals surface area contributed by atoms with Gasteiger partial charge in [0.05, 0.1) is 12.6 Å². The first-order chi connectivity index (χ1) is 11.0. The Morgan fingerprint density at radius 2 is 1.83 bits per heavy atom. The molecule has 1 heterocycles. The van der Waals surface area contributed by atoms with Crippen LogP contribution in [0.4, 0.5) is 0 Å². The van der Waals surface area contributed by atoms with Gasteiger partial charge in [-0.2, -0.15) is 0 Å². The number of fused-ring (bicyclic) bond motifs is 1. The number of rotatable bonds is 4. The molecule has 1 aromatic heterocycles. The van der Waals surface area contributed by atoms with Gasteiger partial charge in [-0.05, 0) is 25.1 Å². The Hall–Kier alpha value is -1.91. The highest BCUT2D eigenvalue weighted by Crippen LogP contribution is 2.17. The number of aromatic nitrogens is 1. The average Bonchev–Trinajstić information content (AvgIpc) is 2.53. The normalized spacial score (nSPS) is 12.5. The Bertz CT molecular complexity index is 887. The number of benzene rings is 2. The van der Waals surface area contributed by atoms with Crippen molar-refractivity contribution in [2.45, 2.75) is 20.0 Å². The van der Waals surface area contributed by atoms with Crippen LogP contribution in [0.2, 0.25) is 0 Å². The summed E-state index contributed by atoms with van der Waals surface area (Å²) in [6, 6.07) is 16.2. The van der Waals surface area contributed by atoms with Gasteiger partial charge in [-0.25, -0.2) is 0 Å². The van der Waals surface area contributed by atoms with Crippen LogP contribution in [0.1, 0.15) is 16.8 Å². The van der Waals surface area contributed by atoms with E-state index in [0.29, 0.717) is 6.54 Å². The molecule has 3 rings (SSSR count). The molecular formula is C19H20BrN2O+. The molecule has 0 aliphatic heterocycles. The lowest BCUT2D eigenvalue weighted by atomic mass is 10.1. The van der Waals surface area contributed by atoms with Gasteiger partial charge in [0.2, 0.25) is 0 Å². The molecule has 0 bridgehead atoms. The van der Waals surface area contributed by atoms with Crippen molar-refractivity contribution in [2.75, 3.05) is 7.05 Å². The SMILES string of the molecule is Cc1[nH]c2ccc(Br)cc2c(=O)c1C[NH+](C)Cc1ccccc1. The molecular weight excluding hydrogens is 352 g/mol. The number of nitrogens with one attached hydrogen (secondary N) is 2. The van der Waals surface area contributed by atoms with Crippen LogP contribution in [0.5, 0.6) is 0 Å². The van der Waals surface area contributed by atoms with E-state index in [1.165, 1.54) is 10.5 Å². The highest BCUT2D eigenvalue weighted by Gasteiger charge is 2.14. The Labute approximate surface area is 144 Å². The smallest absolute Gasteiger partial charge is 0.198 e. The molecule has 0 saturated heterocycles. The second kappa shape index (κ2) is 6.69. The van der Waals surface area contributed by atoms with Crippen molar-refractivity contribution in [3.63, 3.8) is 0 Å². The number of hydrogen-bond acceptors (Lipinski definition) is 1. The third-order valence-electron chi connectivity index (χ3n) is 4.10. The van der Waals surface area contributed by atoms with E-state index in [1.807, 2.05) is 43.3 Å². The fraction of sp³-hybridized carbons (Fsp3) is 0.211. The van der Waals surface area contributed by atoms with Crippen molar-refractivity contribution in [2.24, 2.45) is 0 Å². The highest BCUT2D eigenvalue weighted by molar-refractivity contribution is 9.10. The lowest BCUT2D eigenvalue weighted by Crippen LogP contribution is -3.06. The zero-order chi connectivity index (χ0) is 16.4. The lowest BCUT2D eigenvalue weighted by Gasteiger charge is -2.16. The molecule has 0 amide bonds. The number of aryl methyl sites for hydroxylation is 1. The van der Waals surface area contributed by atoms with Crippen molar-refractivity contribution in [1.29, 1.82) is 0 Å². The monoisotopic (exact) mass is 371 g/mol. The van der Waals surface area contributed by atoms with Gasteiger partial charge in [-0.3, -0.25) is 4.79 Å². The van der Waals surface area contributed by atoms with Crippen molar-refractivity contribution < 1.29 is 4.90 Å². The van der Waals surface area contributed by atoms with E-state index in [1.54, 1.807) is 0 Å². The molecule has 1 atom stereocenters. The van der Waals surface area contributed by atoms with E-state index in [0.717, 1.165) is 33.2 Å². The van der Waals surface area contributed by atoms with Crippen LogP contribution in [-0.2, 0) is 13.1 Å². The lowest BCUT2D eigenvalue weighted by molar-refractivity contribution is -0.907. The second-order valence-electron chi connectivity index (χ2n) is 6.04. The summed E-state index contributed by atoms with van der Waals surface area (Å²) in [5, 5.41) is 0.743. The zero-order valence-electron chi connectivity index (χ0n) is 13.3. The maximum Gasteiger partial charge on any atom is 0.198 e. The summed E-state index contributed by atoms with van der Waals surface area (Å²) in [7, 11) is 2.12. The predicted molar refractivity (Wildman–Crippen MR) is 97.7 cm³/mol. The highest BCUT2D eigenvalue weighted by atomic mass is 79.9. The molecule has 3 nitrogen and oxygen atoms in total.